The maximum absolute atomic E-state index is 12.5. The fourth-order valence-corrected chi connectivity index (χ4v) is 2.76. The lowest BCUT2D eigenvalue weighted by atomic mass is 9.99. The molecule has 124 valence electrons. The van der Waals surface area contributed by atoms with E-state index in [2.05, 4.69) is 15.5 Å². The van der Waals surface area contributed by atoms with Crippen LogP contribution in [0.25, 0.3) is 11.3 Å². The SMILES string of the molecule is CCC(C)C(CO)NC(=O)c1cn[nH]c1-c1ccc(Cl)cc1Cl. The second-order valence-corrected chi connectivity index (χ2v) is 6.27. The lowest BCUT2D eigenvalue weighted by Crippen LogP contribution is -2.41. The number of amides is 1. The van der Waals surface area contributed by atoms with E-state index in [0.717, 1.165) is 6.42 Å². The summed E-state index contributed by atoms with van der Waals surface area (Å²) in [6.45, 7) is 3.87. The van der Waals surface area contributed by atoms with Crippen LogP contribution in [0.1, 0.15) is 30.6 Å². The van der Waals surface area contributed by atoms with Crippen LogP contribution in [-0.4, -0.2) is 33.9 Å². The first-order valence-electron chi connectivity index (χ1n) is 7.38. The summed E-state index contributed by atoms with van der Waals surface area (Å²) in [6, 6.07) is 4.72. The maximum atomic E-state index is 12.5. The summed E-state index contributed by atoms with van der Waals surface area (Å²) in [7, 11) is 0. The molecule has 0 aliphatic rings. The molecule has 3 N–H and O–H groups in total. The van der Waals surface area contributed by atoms with Crippen molar-refractivity contribution in [1.29, 1.82) is 0 Å². The molecule has 2 aromatic rings. The van der Waals surface area contributed by atoms with Crippen molar-refractivity contribution in [2.45, 2.75) is 26.3 Å². The number of carbonyl (C=O) groups is 1. The number of nitrogens with one attached hydrogen (secondary N) is 2. The Hall–Kier alpha value is -1.56. The van der Waals surface area contributed by atoms with Crippen LogP contribution in [-0.2, 0) is 0 Å². The van der Waals surface area contributed by atoms with Crippen molar-refractivity contribution in [3.05, 3.63) is 40.0 Å². The van der Waals surface area contributed by atoms with Gasteiger partial charge in [0.05, 0.1) is 35.1 Å². The molecular weight excluding hydrogens is 337 g/mol. The van der Waals surface area contributed by atoms with Gasteiger partial charge in [0.2, 0.25) is 0 Å². The molecular formula is C16H19Cl2N3O2. The number of hydrogen-bond acceptors (Lipinski definition) is 3. The van der Waals surface area contributed by atoms with Crippen LogP contribution in [0.15, 0.2) is 24.4 Å². The van der Waals surface area contributed by atoms with Crippen molar-refractivity contribution in [2.75, 3.05) is 6.61 Å². The van der Waals surface area contributed by atoms with Gasteiger partial charge < -0.3 is 10.4 Å². The van der Waals surface area contributed by atoms with Gasteiger partial charge >= 0.3 is 0 Å². The Bertz CT molecular complexity index is 688. The summed E-state index contributed by atoms with van der Waals surface area (Å²) in [4.78, 5) is 12.5. The molecule has 2 atom stereocenters. The molecule has 0 radical (unpaired) electrons. The molecule has 0 saturated carbocycles. The van der Waals surface area contributed by atoms with E-state index >= 15 is 0 Å². The van der Waals surface area contributed by atoms with Crippen molar-refractivity contribution in [3.63, 3.8) is 0 Å². The predicted molar refractivity (Wildman–Crippen MR) is 91.8 cm³/mol. The number of carbonyl (C=O) groups excluding carboxylic acids is 1. The van der Waals surface area contributed by atoms with Gasteiger partial charge in [-0.1, -0.05) is 43.5 Å². The van der Waals surface area contributed by atoms with Crippen LogP contribution >= 0.6 is 23.2 Å². The average Bonchev–Trinajstić information content (AvgIpc) is 3.01. The molecule has 0 saturated heterocycles. The number of hydrogen-bond donors (Lipinski definition) is 3. The van der Waals surface area contributed by atoms with Crippen molar-refractivity contribution in [2.24, 2.45) is 5.92 Å². The van der Waals surface area contributed by atoms with Gasteiger partial charge in [-0.2, -0.15) is 5.10 Å². The summed E-state index contributed by atoms with van der Waals surface area (Å²) in [5.74, 6) is -0.141. The Morgan fingerprint density at radius 1 is 1.43 bits per heavy atom. The normalized spacial score (nSPS) is 13.6. The quantitative estimate of drug-likeness (QED) is 0.741. The summed E-state index contributed by atoms with van der Waals surface area (Å²) in [5, 5.41) is 20.0. The van der Waals surface area contributed by atoms with Gasteiger partial charge in [0, 0.05) is 10.6 Å². The van der Waals surface area contributed by atoms with Gasteiger partial charge in [0.15, 0.2) is 0 Å². The first-order valence-corrected chi connectivity index (χ1v) is 8.14. The van der Waals surface area contributed by atoms with Crippen molar-refractivity contribution < 1.29 is 9.90 Å². The summed E-state index contributed by atoms with van der Waals surface area (Å²) < 4.78 is 0. The Kier molecular flexibility index (Phi) is 6.04. The standard InChI is InChI=1S/C16H19Cl2N3O2/c1-3-9(2)14(8-22)20-16(23)12-7-19-21-15(12)11-5-4-10(17)6-13(11)18/h4-7,9,14,22H,3,8H2,1-2H3,(H,19,21)(H,20,23). The molecule has 0 aliphatic carbocycles. The zero-order valence-electron chi connectivity index (χ0n) is 12.9. The highest BCUT2D eigenvalue weighted by Crippen LogP contribution is 2.31. The monoisotopic (exact) mass is 355 g/mol. The molecule has 1 amide bonds. The largest absolute Gasteiger partial charge is 0.394 e. The van der Waals surface area contributed by atoms with Crippen LogP contribution < -0.4 is 5.32 Å². The molecule has 0 fully saturated rings. The lowest BCUT2D eigenvalue weighted by Gasteiger charge is -2.22. The molecule has 1 heterocycles. The minimum absolute atomic E-state index is 0.115. The van der Waals surface area contributed by atoms with Crippen LogP contribution in [0.3, 0.4) is 0 Å². The third-order valence-corrected chi connectivity index (χ3v) is 4.48. The van der Waals surface area contributed by atoms with E-state index in [1.54, 1.807) is 18.2 Å². The third-order valence-electron chi connectivity index (χ3n) is 3.93. The van der Waals surface area contributed by atoms with Crippen LogP contribution in [0.5, 0.6) is 0 Å². The van der Waals surface area contributed by atoms with Gasteiger partial charge in [0.1, 0.15) is 0 Å². The lowest BCUT2D eigenvalue weighted by molar-refractivity contribution is 0.0892. The van der Waals surface area contributed by atoms with E-state index < -0.39 is 0 Å². The van der Waals surface area contributed by atoms with Gasteiger partial charge in [-0.05, 0) is 24.1 Å². The first kappa shape index (κ1) is 17.8. The predicted octanol–water partition coefficient (Wildman–Crippen LogP) is 3.52. The Morgan fingerprint density at radius 3 is 2.78 bits per heavy atom. The molecule has 0 spiro atoms. The topological polar surface area (TPSA) is 78.0 Å². The highest BCUT2D eigenvalue weighted by molar-refractivity contribution is 6.36. The van der Waals surface area contributed by atoms with E-state index in [9.17, 15) is 9.90 Å². The van der Waals surface area contributed by atoms with E-state index in [1.807, 2.05) is 13.8 Å². The van der Waals surface area contributed by atoms with Crippen LogP contribution in [0.4, 0.5) is 0 Å². The molecule has 1 aromatic heterocycles. The molecule has 7 heteroatoms. The zero-order chi connectivity index (χ0) is 17.0. The molecule has 5 nitrogen and oxygen atoms in total. The third kappa shape index (κ3) is 4.05. The van der Waals surface area contributed by atoms with Gasteiger partial charge in [-0.15, -0.1) is 0 Å². The number of aliphatic hydroxyl groups excluding tert-OH is 1. The van der Waals surface area contributed by atoms with E-state index in [0.29, 0.717) is 26.9 Å². The number of rotatable bonds is 6. The average molecular weight is 356 g/mol. The highest BCUT2D eigenvalue weighted by Gasteiger charge is 2.22. The van der Waals surface area contributed by atoms with Crippen molar-refractivity contribution >= 4 is 29.1 Å². The second kappa shape index (κ2) is 7.81. The molecule has 0 bridgehead atoms. The minimum atomic E-state index is -0.309. The Morgan fingerprint density at radius 2 is 2.17 bits per heavy atom. The summed E-state index contributed by atoms with van der Waals surface area (Å²) in [6.07, 6.45) is 2.30. The molecule has 23 heavy (non-hydrogen) atoms. The number of halogens is 2. The molecule has 1 aromatic carbocycles. The van der Waals surface area contributed by atoms with Crippen molar-refractivity contribution in [3.8, 4) is 11.3 Å². The molecule has 2 unspecified atom stereocenters. The summed E-state index contributed by atoms with van der Waals surface area (Å²) >= 11 is 12.1. The van der Waals surface area contributed by atoms with E-state index in [1.165, 1.54) is 6.20 Å². The Labute approximate surface area is 145 Å². The smallest absolute Gasteiger partial charge is 0.255 e. The second-order valence-electron chi connectivity index (χ2n) is 5.43. The van der Waals surface area contributed by atoms with Crippen LogP contribution in [0.2, 0.25) is 10.0 Å². The Balaban J connectivity index is 2.28. The minimum Gasteiger partial charge on any atom is -0.394 e. The fraction of sp³-hybridized carbons (Fsp3) is 0.375. The molecule has 2 rings (SSSR count). The molecule has 0 aliphatic heterocycles. The highest BCUT2D eigenvalue weighted by atomic mass is 35.5. The maximum Gasteiger partial charge on any atom is 0.255 e. The zero-order valence-corrected chi connectivity index (χ0v) is 14.4. The first-order chi connectivity index (χ1) is 11.0. The van der Waals surface area contributed by atoms with E-state index in [4.69, 9.17) is 23.2 Å². The number of nitrogens with zero attached hydrogens (tertiary/aromatic N) is 1. The van der Waals surface area contributed by atoms with E-state index in [-0.39, 0.29) is 24.5 Å². The number of H-pyrrole nitrogens is 1. The van der Waals surface area contributed by atoms with Crippen LogP contribution in [0, 0.1) is 5.92 Å². The van der Waals surface area contributed by atoms with Gasteiger partial charge in [0.25, 0.3) is 5.91 Å². The summed E-state index contributed by atoms with van der Waals surface area (Å²) in [5.41, 5.74) is 1.53. The van der Waals surface area contributed by atoms with Gasteiger partial charge in [-0.3, -0.25) is 9.89 Å². The fourth-order valence-electron chi connectivity index (χ4n) is 2.25. The number of aromatic amines is 1. The van der Waals surface area contributed by atoms with Gasteiger partial charge in [-0.25, -0.2) is 0 Å². The number of aliphatic hydroxyl groups is 1. The number of benzene rings is 1. The van der Waals surface area contributed by atoms with Crippen molar-refractivity contribution in [1.82, 2.24) is 15.5 Å². The number of aromatic nitrogens is 2.